The van der Waals surface area contributed by atoms with Crippen molar-refractivity contribution < 1.29 is 9.53 Å². The molecular formula is C22H22N4O3S. The monoisotopic (exact) mass is 422 g/mol. The molecule has 154 valence electrons. The van der Waals surface area contributed by atoms with E-state index >= 15 is 0 Å². The fourth-order valence-electron chi connectivity index (χ4n) is 3.48. The van der Waals surface area contributed by atoms with E-state index in [1.807, 2.05) is 48.5 Å². The zero-order chi connectivity index (χ0) is 21.1. The first-order valence-electron chi connectivity index (χ1n) is 9.70. The molecule has 0 aliphatic rings. The second kappa shape index (κ2) is 8.54. The Morgan fingerprint density at radius 1 is 1.13 bits per heavy atom. The van der Waals surface area contributed by atoms with Gasteiger partial charge in [-0.3, -0.25) is 14.2 Å². The van der Waals surface area contributed by atoms with Gasteiger partial charge >= 0.3 is 0 Å². The lowest BCUT2D eigenvalue weighted by molar-refractivity contribution is -0.121. The van der Waals surface area contributed by atoms with Crippen LogP contribution < -0.4 is 15.6 Å². The van der Waals surface area contributed by atoms with Crippen molar-refractivity contribution in [3.05, 3.63) is 69.2 Å². The summed E-state index contributed by atoms with van der Waals surface area (Å²) >= 11 is 5.41. The summed E-state index contributed by atoms with van der Waals surface area (Å²) in [5.41, 5.74) is 2.79. The minimum absolute atomic E-state index is 0.0550. The fourth-order valence-corrected chi connectivity index (χ4v) is 3.75. The summed E-state index contributed by atoms with van der Waals surface area (Å²) in [5.74, 6) is 0.647. The van der Waals surface area contributed by atoms with E-state index in [2.05, 4.69) is 15.3 Å². The van der Waals surface area contributed by atoms with Crippen molar-refractivity contribution in [3.8, 4) is 5.75 Å². The number of methoxy groups -OCH3 is 1. The molecule has 7 nitrogen and oxygen atoms in total. The van der Waals surface area contributed by atoms with Crippen molar-refractivity contribution in [1.29, 1.82) is 0 Å². The van der Waals surface area contributed by atoms with Crippen LogP contribution in [-0.2, 0) is 17.9 Å². The molecule has 0 fully saturated rings. The van der Waals surface area contributed by atoms with Crippen molar-refractivity contribution >= 4 is 40.1 Å². The molecule has 0 unspecified atom stereocenters. The van der Waals surface area contributed by atoms with E-state index in [-0.39, 0.29) is 11.5 Å². The number of nitrogens with one attached hydrogen (secondary N) is 3. The van der Waals surface area contributed by atoms with Gasteiger partial charge in [0.1, 0.15) is 11.3 Å². The normalized spacial score (nSPS) is 11.1. The highest BCUT2D eigenvalue weighted by Gasteiger charge is 2.13. The number of amides is 1. The number of rotatable bonds is 7. The van der Waals surface area contributed by atoms with E-state index in [9.17, 15) is 9.59 Å². The average Bonchev–Trinajstić information content (AvgIpc) is 3.13. The Hall–Kier alpha value is -3.39. The van der Waals surface area contributed by atoms with Gasteiger partial charge in [-0.05, 0) is 42.4 Å². The molecule has 0 radical (unpaired) electrons. The SMILES string of the molecule is COc1ccc2[nH]c3c(=O)n(CCCC(=O)NCc4ccccc4)c(=S)[nH]c3c2c1. The van der Waals surface area contributed by atoms with E-state index in [0.29, 0.717) is 47.5 Å². The molecule has 4 rings (SSSR count). The Morgan fingerprint density at radius 3 is 2.70 bits per heavy atom. The number of carbonyl (C=O) groups excluding carboxylic acids is 1. The Morgan fingerprint density at radius 2 is 1.93 bits per heavy atom. The summed E-state index contributed by atoms with van der Waals surface area (Å²) in [6, 6.07) is 15.3. The molecule has 4 aromatic rings. The van der Waals surface area contributed by atoms with Crippen LogP contribution in [0.1, 0.15) is 18.4 Å². The van der Waals surface area contributed by atoms with E-state index in [1.54, 1.807) is 7.11 Å². The maximum absolute atomic E-state index is 13.0. The number of ether oxygens (including phenoxy) is 1. The van der Waals surface area contributed by atoms with Crippen molar-refractivity contribution in [2.75, 3.05) is 7.11 Å². The first-order chi connectivity index (χ1) is 14.6. The lowest BCUT2D eigenvalue weighted by atomic mass is 10.2. The zero-order valence-electron chi connectivity index (χ0n) is 16.5. The maximum atomic E-state index is 13.0. The van der Waals surface area contributed by atoms with Crippen LogP contribution in [-0.4, -0.2) is 27.6 Å². The molecule has 0 spiro atoms. The predicted octanol–water partition coefficient (Wildman–Crippen LogP) is 3.65. The molecule has 0 saturated carbocycles. The Kier molecular flexibility index (Phi) is 5.67. The summed E-state index contributed by atoms with van der Waals surface area (Å²) in [4.78, 5) is 31.4. The number of aromatic amines is 2. The molecular weight excluding hydrogens is 400 g/mol. The minimum Gasteiger partial charge on any atom is -0.497 e. The third-order valence-electron chi connectivity index (χ3n) is 5.06. The molecule has 2 heterocycles. The van der Waals surface area contributed by atoms with E-state index < -0.39 is 0 Å². The number of benzene rings is 2. The fraction of sp³-hybridized carbons (Fsp3) is 0.227. The summed E-state index contributed by atoms with van der Waals surface area (Å²) in [6.07, 6.45) is 0.827. The smallest absolute Gasteiger partial charge is 0.278 e. The van der Waals surface area contributed by atoms with Gasteiger partial charge in [0, 0.05) is 30.4 Å². The van der Waals surface area contributed by atoms with Gasteiger partial charge in [-0.2, -0.15) is 0 Å². The zero-order valence-corrected chi connectivity index (χ0v) is 17.3. The Bertz CT molecular complexity index is 1320. The molecule has 2 aromatic heterocycles. The number of hydrogen-bond acceptors (Lipinski definition) is 4. The topological polar surface area (TPSA) is 91.9 Å². The van der Waals surface area contributed by atoms with Crippen LogP contribution in [0.2, 0.25) is 0 Å². The molecule has 0 bridgehead atoms. The highest BCUT2D eigenvalue weighted by atomic mass is 32.1. The van der Waals surface area contributed by atoms with E-state index in [1.165, 1.54) is 4.57 Å². The molecule has 0 saturated heterocycles. The lowest BCUT2D eigenvalue weighted by Crippen LogP contribution is -2.25. The van der Waals surface area contributed by atoms with Crippen LogP contribution in [0.5, 0.6) is 5.75 Å². The molecule has 0 atom stereocenters. The van der Waals surface area contributed by atoms with Gasteiger partial charge in [-0.1, -0.05) is 30.3 Å². The van der Waals surface area contributed by atoms with Crippen LogP contribution in [0.25, 0.3) is 21.9 Å². The van der Waals surface area contributed by atoms with Crippen LogP contribution in [0.15, 0.2) is 53.3 Å². The van der Waals surface area contributed by atoms with Gasteiger partial charge in [-0.25, -0.2) is 0 Å². The molecule has 3 N–H and O–H groups in total. The van der Waals surface area contributed by atoms with Crippen LogP contribution in [0, 0.1) is 4.77 Å². The van der Waals surface area contributed by atoms with Crippen LogP contribution >= 0.6 is 12.2 Å². The standard InChI is InChI=1S/C22H22N4O3S/c1-29-15-9-10-17-16(12-15)19-20(24-17)21(28)26(22(30)25-19)11-5-8-18(27)23-13-14-6-3-2-4-7-14/h2-4,6-7,9-10,12,24H,5,8,11,13H2,1H3,(H,23,27)(H,25,30). The molecule has 0 aliphatic heterocycles. The molecule has 8 heteroatoms. The van der Waals surface area contributed by atoms with E-state index in [4.69, 9.17) is 17.0 Å². The summed E-state index contributed by atoms with van der Waals surface area (Å²) in [6.45, 7) is 0.853. The van der Waals surface area contributed by atoms with Crippen molar-refractivity contribution in [2.24, 2.45) is 0 Å². The first kappa shape index (κ1) is 19.9. The highest BCUT2D eigenvalue weighted by Crippen LogP contribution is 2.25. The third kappa shape index (κ3) is 3.99. The molecule has 2 aromatic carbocycles. The molecule has 30 heavy (non-hydrogen) atoms. The molecule has 1 amide bonds. The highest BCUT2D eigenvalue weighted by molar-refractivity contribution is 7.71. The van der Waals surface area contributed by atoms with Gasteiger partial charge < -0.3 is 20.0 Å². The Labute approximate surface area is 177 Å². The first-order valence-corrected chi connectivity index (χ1v) is 10.1. The van der Waals surface area contributed by atoms with Gasteiger partial charge in [0.15, 0.2) is 4.77 Å². The van der Waals surface area contributed by atoms with E-state index in [0.717, 1.165) is 16.5 Å². The number of fused-ring (bicyclic) bond motifs is 3. The summed E-state index contributed by atoms with van der Waals surface area (Å²) in [5, 5.41) is 3.74. The van der Waals surface area contributed by atoms with Crippen LogP contribution in [0.4, 0.5) is 0 Å². The number of aromatic nitrogens is 3. The maximum Gasteiger partial charge on any atom is 0.278 e. The molecule has 0 aliphatic carbocycles. The van der Waals surface area contributed by atoms with Gasteiger partial charge in [0.25, 0.3) is 5.56 Å². The van der Waals surface area contributed by atoms with Crippen molar-refractivity contribution in [2.45, 2.75) is 25.9 Å². The largest absolute Gasteiger partial charge is 0.497 e. The van der Waals surface area contributed by atoms with Gasteiger partial charge in [0.2, 0.25) is 5.91 Å². The van der Waals surface area contributed by atoms with Crippen molar-refractivity contribution in [1.82, 2.24) is 19.9 Å². The third-order valence-corrected chi connectivity index (χ3v) is 5.38. The van der Waals surface area contributed by atoms with Gasteiger partial charge in [-0.15, -0.1) is 0 Å². The lowest BCUT2D eigenvalue weighted by Gasteiger charge is -2.08. The Balaban J connectivity index is 1.48. The minimum atomic E-state index is -0.200. The number of hydrogen-bond donors (Lipinski definition) is 3. The number of H-pyrrole nitrogens is 2. The second-order valence-corrected chi connectivity index (χ2v) is 7.43. The number of carbonyl (C=O) groups is 1. The second-order valence-electron chi connectivity index (χ2n) is 7.04. The average molecular weight is 423 g/mol. The van der Waals surface area contributed by atoms with Crippen LogP contribution in [0.3, 0.4) is 0 Å². The van der Waals surface area contributed by atoms with Crippen molar-refractivity contribution in [3.63, 3.8) is 0 Å². The van der Waals surface area contributed by atoms with Gasteiger partial charge in [0.05, 0.1) is 12.6 Å². The predicted molar refractivity (Wildman–Crippen MR) is 119 cm³/mol. The quantitative estimate of drug-likeness (QED) is 0.397. The summed E-state index contributed by atoms with van der Waals surface area (Å²) in [7, 11) is 1.60. The summed E-state index contributed by atoms with van der Waals surface area (Å²) < 4.78 is 7.10. The number of nitrogens with zero attached hydrogens (tertiary/aromatic N) is 1.